The summed E-state index contributed by atoms with van der Waals surface area (Å²) in [5, 5.41) is 4.49. The average molecular weight is 329 g/mol. The number of amides is 1. The maximum atomic E-state index is 12.5. The molecule has 118 valence electrons. The fraction of sp³-hybridized carbons (Fsp3) is 0.167. The van der Waals surface area contributed by atoms with Crippen LogP contribution in [-0.4, -0.2) is 17.5 Å². The molecule has 3 rings (SSSR count). The van der Waals surface area contributed by atoms with Gasteiger partial charge in [-0.25, -0.2) is 0 Å². The van der Waals surface area contributed by atoms with Crippen LogP contribution in [0.5, 0.6) is 5.75 Å². The molecule has 4 nitrogen and oxygen atoms in total. The highest BCUT2D eigenvalue weighted by atomic mass is 35.5. The van der Waals surface area contributed by atoms with Gasteiger partial charge in [0.25, 0.3) is 5.91 Å². The summed E-state index contributed by atoms with van der Waals surface area (Å²) >= 11 is 6.02. The van der Waals surface area contributed by atoms with Crippen molar-refractivity contribution >= 4 is 34.1 Å². The van der Waals surface area contributed by atoms with Gasteiger partial charge in [-0.1, -0.05) is 11.6 Å². The van der Waals surface area contributed by atoms with Crippen LogP contribution in [-0.2, 0) is 0 Å². The number of hydrogen-bond acceptors (Lipinski definition) is 2. The lowest BCUT2D eigenvalue weighted by Crippen LogP contribution is -2.13. The molecular weight excluding hydrogens is 312 g/mol. The summed E-state index contributed by atoms with van der Waals surface area (Å²) in [7, 11) is 0. The number of hydrogen-bond donors (Lipinski definition) is 2. The highest BCUT2D eigenvalue weighted by Gasteiger charge is 2.15. The van der Waals surface area contributed by atoms with Crippen LogP contribution < -0.4 is 10.1 Å². The molecule has 0 spiro atoms. The Morgan fingerprint density at radius 3 is 2.65 bits per heavy atom. The Labute approximate surface area is 139 Å². The van der Waals surface area contributed by atoms with E-state index in [1.54, 1.807) is 6.07 Å². The number of aromatic nitrogens is 1. The van der Waals surface area contributed by atoms with Crippen molar-refractivity contribution < 1.29 is 9.53 Å². The third-order valence-corrected chi connectivity index (χ3v) is 3.91. The molecule has 1 heterocycles. The SMILES string of the molecule is CCOc1ccc(NC(=O)c2[nH]c3ccc(Cl)cc3c2C)cc1. The van der Waals surface area contributed by atoms with E-state index in [0.717, 1.165) is 27.9 Å². The number of benzene rings is 2. The zero-order valence-corrected chi connectivity index (χ0v) is 13.7. The highest BCUT2D eigenvalue weighted by Crippen LogP contribution is 2.25. The number of carbonyl (C=O) groups excluding carboxylic acids is 1. The van der Waals surface area contributed by atoms with Gasteiger partial charge in [0.15, 0.2) is 0 Å². The molecule has 2 aromatic carbocycles. The first-order valence-electron chi connectivity index (χ1n) is 7.40. The molecule has 5 heteroatoms. The molecule has 0 saturated heterocycles. The summed E-state index contributed by atoms with van der Waals surface area (Å²) in [4.78, 5) is 15.6. The molecule has 0 bridgehead atoms. The van der Waals surface area contributed by atoms with Crippen molar-refractivity contribution in [3.63, 3.8) is 0 Å². The predicted molar refractivity (Wildman–Crippen MR) is 93.6 cm³/mol. The third kappa shape index (κ3) is 3.17. The van der Waals surface area contributed by atoms with Gasteiger partial charge >= 0.3 is 0 Å². The molecule has 0 saturated carbocycles. The average Bonchev–Trinajstić information content (AvgIpc) is 2.86. The van der Waals surface area contributed by atoms with E-state index in [-0.39, 0.29) is 5.91 Å². The number of aromatic amines is 1. The molecule has 23 heavy (non-hydrogen) atoms. The summed E-state index contributed by atoms with van der Waals surface area (Å²) in [5.41, 5.74) is 3.03. The van der Waals surface area contributed by atoms with Crippen LogP contribution in [0.3, 0.4) is 0 Å². The first-order chi connectivity index (χ1) is 11.1. The standard InChI is InChI=1S/C18H17ClN2O2/c1-3-23-14-7-5-13(6-8-14)20-18(22)17-11(2)15-10-12(19)4-9-16(15)21-17/h4-10,21H,3H2,1-2H3,(H,20,22). The smallest absolute Gasteiger partial charge is 0.272 e. The fourth-order valence-electron chi connectivity index (χ4n) is 2.52. The Morgan fingerprint density at radius 2 is 1.96 bits per heavy atom. The maximum absolute atomic E-state index is 12.5. The first kappa shape index (κ1) is 15.4. The quantitative estimate of drug-likeness (QED) is 0.724. The number of nitrogens with one attached hydrogen (secondary N) is 2. The van der Waals surface area contributed by atoms with Gasteiger partial charge in [-0.3, -0.25) is 4.79 Å². The van der Waals surface area contributed by atoms with Crippen LogP contribution >= 0.6 is 11.6 Å². The van der Waals surface area contributed by atoms with Gasteiger partial charge in [-0.2, -0.15) is 0 Å². The van der Waals surface area contributed by atoms with E-state index in [1.165, 1.54) is 0 Å². The Kier molecular flexibility index (Phi) is 4.26. The van der Waals surface area contributed by atoms with Crippen LogP contribution in [0.2, 0.25) is 5.02 Å². The molecule has 2 N–H and O–H groups in total. The second-order valence-corrected chi connectivity index (χ2v) is 5.66. The number of carbonyl (C=O) groups is 1. The number of halogens is 1. The number of ether oxygens (including phenoxy) is 1. The number of anilines is 1. The Morgan fingerprint density at radius 1 is 1.22 bits per heavy atom. The zero-order valence-electron chi connectivity index (χ0n) is 12.9. The van der Waals surface area contributed by atoms with Crippen LogP contribution in [0.4, 0.5) is 5.69 Å². The first-order valence-corrected chi connectivity index (χ1v) is 7.78. The molecule has 0 radical (unpaired) electrons. The number of H-pyrrole nitrogens is 1. The molecule has 1 amide bonds. The van der Waals surface area contributed by atoms with Gasteiger partial charge in [0.2, 0.25) is 0 Å². The maximum Gasteiger partial charge on any atom is 0.272 e. The Bertz CT molecular complexity index is 853. The molecule has 0 aliphatic carbocycles. The van der Waals surface area contributed by atoms with E-state index in [4.69, 9.17) is 16.3 Å². The van der Waals surface area contributed by atoms with Crippen molar-refractivity contribution in [1.82, 2.24) is 4.98 Å². The molecule has 0 fully saturated rings. The monoisotopic (exact) mass is 328 g/mol. The zero-order chi connectivity index (χ0) is 16.4. The fourth-order valence-corrected chi connectivity index (χ4v) is 2.69. The summed E-state index contributed by atoms with van der Waals surface area (Å²) in [6.45, 7) is 4.45. The van der Waals surface area contributed by atoms with Gasteiger partial charge in [0.05, 0.1) is 6.61 Å². The molecule has 0 unspecified atom stereocenters. The van der Waals surface area contributed by atoms with E-state index in [2.05, 4.69) is 10.3 Å². The molecule has 0 aliphatic heterocycles. The molecular formula is C18H17ClN2O2. The molecule has 1 aromatic heterocycles. The Balaban J connectivity index is 1.84. The molecule has 3 aromatic rings. The summed E-state index contributed by atoms with van der Waals surface area (Å²) in [6, 6.07) is 12.8. The number of fused-ring (bicyclic) bond motifs is 1. The minimum Gasteiger partial charge on any atom is -0.494 e. The second-order valence-electron chi connectivity index (χ2n) is 5.23. The summed E-state index contributed by atoms with van der Waals surface area (Å²) in [5.74, 6) is 0.598. The largest absolute Gasteiger partial charge is 0.494 e. The topological polar surface area (TPSA) is 54.1 Å². The minimum atomic E-state index is -0.181. The normalized spacial score (nSPS) is 10.7. The van der Waals surface area contributed by atoms with E-state index in [0.29, 0.717) is 17.3 Å². The van der Waals surface area contributed by atoms with E-state index >= 15 is 0 Å². The third-order valence-electron chi connectivity index (χ3n) is 3.67. The van der Waals surface area contributed by atoms with Gasteiger partial charge in [-0.05, 0) is 61.9 Å². The lowest BCUT2D eigenvalue weighted by Gasteiger charge is -2.07. The van der Waals surface area contributed by atoms with Crippen LogP contribution in [0, 0.1) is 6.92 Å². The van der Waals surface area contributed by atoms with E-state index in [1.807, 2.05) is 50.2 Å². The lowest BCUT2D eigenvalue weighted by atomic mass is 10.1. The van der Waals surface area contributed by atoms with E-state index < -0.39 is 0 Å². The van der Waals surface area contributed by atoms with Gasteiger partial charge in [0, 0.05) is 21.6 Å². The van der Waals surface area contributed by atoms with E-state index in [9.17, 15) is 4.79 Å². The van der Waals surface area contributed by atoms with Crippen molar-refractivity contribution in [1.29, 1.82) is 0 Å². The van der Waals surface area contributed by atoms with Crippen LogP contribution in [0.15, 0.2) is 42.5 Å². The van der Waals surface area contributed by atoms with Crippen molar-refractivity contribution in [3.05, 3.63) is 58.7 Å². The van der Waals surface area contributed by atoms with Crippen LogP contribution in [0.25, 0.3) is 10.9 Å². The van der Waals surface area contributed by atoms with Crippen LogP contribution in [0.1, 0.15) is 23.0 Å². The van der Waals surface area contributed by atoms with Gasteiger partial charge < -0.3 is 15.0 Å². The van der Waals surface area contributed by atoms with Crippen molar-refractivity contribution in [3.8, 4) is 5.75 Å². The summed E-state index contributed by atoms with van der Waals surface area (Å²) < 4.78 is 5.39. The van der Waals surface area contributed by atoms with Crippen molar-refractivity contribution in [2.24, 2.45) is 0 Å². The predicted octanol–water partition coefficient (Wildman–Crippen LogP) is 4.78. The second kappa shape index (κ2) is 6.34. The van der Waals surface area contributed by atoms with Gasteiger partial charge in [0.1, 0.15) is 11.4 Å². The Hall–Kier alpha value is -2.46. The molecule has 0 atom stereocenters. The van der Waals surface area contributed by atoms with Gasteiger partial charge in [-0.15, -0.1) is 0 Å². The number of rotatable bonds is 4. The molecule has 0 aliphatic rings. The lowest BCUT2D eigenvalue weighted by molar-refractivity contribution is 0.102. The highest BCUT2D eigenvalue weighted by molar-refractivity contribution is 6.31. The van der Waals surface area contributed by atoms with Crippen molar-refractivity contribution in [2.75, 3.05) is 11.9 Å². The van der Waals surface area contributed by atoms with Crippen molar-refractivity contribution in [2.45, 2.75) is 13.8 Å². The minimum absolute atomic E-state index is 0.181. The summed E-state index contributed by atoms with van der Waals surface area (Å²) in [6.07, 6.45) is 0. The number of aryl methyl sites for hydroxylation is 1.